The molecule has 5 nitrogen and oxygen atoms in total. The highest BCUT2D eigenvalue weighted by molar-refractivity contribution is 8.04. The predicted octanol–water partition coefficient (Wildman–Crippen LogP) is 3.52. The van der Waals surface area contributed by atoms with Crippen LogP contribution in [0.4, 0.5) is 5.69 Å². The standard InChI is InChI=1S/C27H33N3O2S/c1-4-5-9-20-12-14-22(15-13-20)30-26(31)24(29(3)21-16-18-28(2)19-17-21)25(27(30)32)33-23-10-7-6-8-11-23/h6-8,10-15,21H,4-5,9,16-19H2,1-3H3/p+1. The van der Waals surface area contributed by atoms with Gasteiger partial charge in [0.1, 0.15) is 10.6 Å². The number of thioether (sulfide) groups is 1. The molecule has 174 valence electrons. The summed E-state index contributed by atoms with van der Waals surface area (Å²) in [6.07, 6.45) is 5.32. The molecule has 0 radical (unpaired) electrons. The van der Waals surface area contributed by atoms with E-state index in [1.807, 2.05) is 61.6 Å². The highest BCUT2D eigenvalue weighted by Crippen LogP contribution is 2.39. The summed E-state index contributed by atoms with van der Waals surface area (Å²) in [5.41, 5.74) is 2.42. The van der Waals surface area contributed by atoms with Crippen LogP contribution < -0.4 is 9.80 Å². The van der Waals surface area contributed by atoms with Gasteiger partial charge in [-0.2, -0.15) is 0 Å². The number of aryl methyl sites for hydroxylation is 1. The molecule has 6 heteroatoms. The molecule has 2 aromatic rings. The fraction of sp³-hybridized carbons (Fsp3) is 0.407. The van der Waals surface area contributed by atoms with Crippen molar-refractivity contribution in [1.29, 1.82) is 0 Å². The maximum Gasteiger partial charge on any atom is 0.283 e. The van der Waals surface area contributed by atoms with E-state index in [1.54, 1.807) is 0 Å². The lowest BCUT2D eigenvalue weighted by atomic mass is 10.0. The van der Waals surface area contributed by atoms with Gasteiger partial charge in [0, 0.05) is 30.8 Å². The molecule has 0 aliphatic carbocycles. The topological polar surface area (TPSA) is 45.1 Å². The van der Waals surface area contributed by atoms with E-state index in [9.17, 15) is 9.59 Å². The van der Waals surface area contributed by atoms with Crippen molar-refractivity contribution in [2.24, 2.45) is 0 Å². The van der Waals surface area contributed by atoms with Crippen LogP contribution in [0.3, 0.4) is 0 Å². The van der Waals surface area contributed by atoms with E-state index in [2.05, 4.69) is 18.9 Å². The molecule has 0 unspecified atom stereocenters. The summed E-state index contributed by atoms with van der Waals surface area (Å²) in [5.74, 6) is -0.441. The Bertz CT molecular complexity index is 1010. The monoisotopic (exact) mass is 464 g/mol. The molecule has 1 N–H and O–H groups in total. The number of likely N-dealkylation sites (N-methyl/N-ethyl adjacent to an activating group) is 1. The molecule has 2 aliphatic rings. The summed E-state index contributed by atoms with van der Waals surface area (Å²) in [4.78, 5) is 33.8. The van der Waals surface area contributed by atoms with Gasteiger partial charge < -0.3 is 9.80 Å². The van der Waals surface area contributed by atoms with Gasteiger partial charge in [-0.25, -0.2) is 4.90 Å². The number of carbonyl (C=O) groups excluding carboxylic acids is 2. The molecule has 0 saturated carbocycles. The molecule has 1 fully saturated rings. The number of hydrogen-bond donors (Lipinski definition) is 1. The summed E-state index contributed by atoms with van der Waals surface area (Å²) in [5, 5.41) is 0. The molecular formula is C27H34N3O2S+. The second-order valence-corrected chi connectivity index (χ2v) is 10.2. The van der Waals surface area contributed by atoms with E-state index >= 15 is 0 Å². The molecule has 0 aromatic heterocycles. The number of rotatable bonds is 8. The Morgan fingerprint density at radius 1 is 1.00 bits per heavy atom. The van der Waals surface area contributed by atoms with Gasteiger partial charge in [0.2, 0.25) is 0 Å². The molecule has 1 saturated heterocycles. The lowest BCUT2D eigenvalue weighted by molar-refractivity contribution is -0.885. The first-order chi connectivity index (χ1) is 16.0. The van der Waals surface area contributed by atoms with Gasteiger partial charge in [-0.05, 0) is 42.7 Å². The third kappa shape index (κ3) is 5.17. The van der Waals surface area contributed by atoms with E-state index < -0.39 is 0 Å². The van der Waals surface area contributed by atoms with Crippen LogP contribution in [0.5, 0.6) is 0 Å². The summed E-state index contributed by atoms with van der Waals surface area (Å²) < 4.78 is 0. The zero-order valence-electron chi connectivity index (χ0n) is 19.8. The second-order valence-electron chi connectivity index (χ2n) is 9.11. The highest BCUT2D eigenvalue weighted by atomic mass is 32.2. The number of carbonyl (C=O) groups is 2. The summed E-state index contributed by atoms with van der Waals surface area (Å²) in [6, 6.07) is 18.0. The van der Waals surface area contributed by atoms with Crippen LogP contribution in [0.25, 0.3) is 0 Å². The molecule has 2 amide bonds. The average Bonchev–Trinajstić information content (AvgIpc) is 3.08. The lowest BCUT2D eigenvalue weighted by Gasteiger charge is -2.35. The van der Waals surface area contributed by atoms with Crippen molar-refractivity contribution in [2.45, 2.75) is 50.0 Å². The van der Waals surface area contributed by atoms with E-state index in [-0.39, 0.29) is 17.9 Å². The summed E-state index contributed by atoms with van der Waals surface area (Å²) >= 11 is 1.40. The number of amides is 2. The molecule has 2 heterocycles. The quantitative estimate of drug-likeness (QED) is 0.608. The largest absolute Gasteiger partial charge is 0.366 e. The van der Waals surface area contributed by atoms with Gasteiger partial charge in [-0.3, -0.25) is 9.59 Å². The van der Waals surface area contributed by atoms with E-state index in [0.717, 1.165) is 50.1 Å². The number of imide groups is 1. The zero-order chi connectivity index (χ0) is 23.4. The maximum absolute atomic E-state index is 13.7. The van der Waals surface area contributed by atoms with Crippen molar-refractivity contribution < 1.29 is 14.5 Å². The van der Waals surface area contributed by atoms with Crippen molar-refractivity contribution in [1.82, 2.24) is 4.90 Å². The number of benzene rings is 2. The predicted molar refractivity (Wildman–Crippen MR) is 134 cm³/mol. The second kappa shape index (κ2) is 10.6. The molecule has 0 spiro atoms. The summed E-state index contributed by atoms with van der Waals surface area (Å²) in [7, 11) is 4.19. The van der Waals surface area contributed by atoms with Gasteiger partial charge in [0.25, 0.3) is 11.8 Å². The fourth-order valence-electron chi connectivity index (χ4n) is 4.60. The summed E-state index contributed by atoms with van der Waals surface area (Å²) in [6.45, 7) is 4.33. The van der Waals surface area contributed by atoms with Crippen LogP contribution in [0.1, 0.15) is 38.2 Å². The SMILES string of the molecule is CCCCc1ccc(N2C(=O)C(Sc3ccccc3)=C(N(C)C3CC[NH+](C)CC3)C2=O)cc1. The Kier molecular flexibility index (Phi) is 7.56. The third-order valence-corrected chi connectivity index (χ3v) is 7.78. The Morgan fingerprint density at radius 2 is 1.67 bits per heavy atom. The molecule has 0 atom stereocenters. The first-order valence-electron chi connectivity index (χ1n) is 12.0. The van der Waals surface area contributed by atoms with Crippen molar-refractivity contribution in [2.75, 3.05) is 32.1 Å². The van der Waals surface area contributed by atoms with E-state index in [4.69, 9.17) is 0 Å². The Morgan fingerprint density at radius 3 is 2.30 bits per heavy atom. The van der Waals surface area contributed by atoms with Crippen LogP contribution >= 0.6 is 11.8 Å². The fourth-order valence-corrected chi connectivity index (χ4v) is 5.64. The van der Waals surface area contributed by atoms with Crippen molar-refractivity contribution >= 4 is 29.3 Å². The van der Waals surface area contributed by atoms with Crippen molar-refractivity contribution in [3.63, 3.8) is 0 Å². The van der Waals surface area contributed by atoms with Gasteiger partial charge >= 0.3 is 0 Å². The molecule has 0 bridgehead atoms. The Labute approximate surface area is 201 Å². The normalized spacial score (nSPS) is 21.1. The lowest BCUT2D eigenvalue weighted by Crippen LogP contribution is -3.10. The van der Waals surface area contributed by atoms with Crippen LogP contribution in [0.15, 0.2) is 70.1 Å². The third-order valence-electron chi connectivity index (χ3n) is 6.70. The van der Waals surface area contributed by atoms with Gasteiger partial charge in [-0.1, -0.05) is 55.4 Å². The zero-order valence-corrected chi connectivity index (χ0v) is 20.7. The molecule has 33 heavy (non-hydrogen) atoms. The Hall–Kier alpha value is -2.57. The number of nitrogens with zero attached hydrogens (tertiary/aromatic N) is 2. The van der Waals surface area contributed by atoms with Crippen molar-refractivity contribution in [3.8, 4) is 0 Å². The first-order valence-corrected chi connectivity index (χ1v) is 12.8. The smallest absolute Gasteiger partial charge is 0.283 e. The van der Waals surface area contributed by atoms with Gasteiger partial charge in [-0.15, -0.1) is 0 Å². The van der Waals surface area contributed by atoms with Crippen LogP contribution in [0.2, 0.25) is 0 Å². The molecule has 2 aliphatic heterocycles. The Balaban J connectivity index is 1.65. The van der Waals surface area contributed by atoms with Crippen LogP contribution in [-0.4, -0.2) is 49.9 Å². The maximum atomic E-state index is 13.7. The number of hydrogen-bond acceptors (Lipinski definition) is 4. The number of quaternary nitrogens is 1. The number of unbranched alkanes of at least 4 members (excludes halogenated alkanes) is 1. The average molecular weight is 465 g/mol. The number of nitrogens with one attached hydrogen (secondary N) is 1. The number of likely N-dealkylation sites (tertiary alicyclic amines) is 1. The highest BCUT2D eigenvalue weighted by Gasteiger charge is 2.43. The van der Waals surface area contributed by atoms with Crippen molar-refractivity contribution in [3.05, 3.63) is 70.8 Å². The van der Waals surface area contributed by atoms with E-state index in [1.165, 1.54) is 27.1 Å². The molecular weight excluding hydrogens is 430 g/mol. The molecule has 2 aromatic carbocycles. The minimum absolute atomic E-state index is 0.214. The van der Waals surface area contributed by atoms with Gasteiger partial charge in [0.15, 0.2) is 0 Å². The minimum atomic E-state index is -0.226. The van der Waals surface area contributed by atoms with Gasteiger partial charge in [0.05, 0.1) is 25.8 Å². The first kappa shape index (κ1) is 23.6. The van der Waals surface area contributed by atoms with E-state index in [0.29, 0.717) is 16.3 Å². The van der Waals surface area contributed by atoms with Crippen LogP contribution in [-0.2, 0) is 16.0 Å². The molecule has 4 rings (SSSR count). The van der Waals surface area contributed by atoms with Crippen LogP contribution in [0, 0.1) is 0 Å². The minimum Gasteiger partial charge on any atom is -0.366 e. The number of piperidine rings is 1. The number of anilines is 1.